The monoisotopic (exact) mass is 403 g/mol. The lowest BCUT2D eigenvalue weighted by Crippen LogP contribution is -2.34. The molecule has 2 aromatic rings. The molecule has 29 heavy (non-hydrogen) atoms. The number of rotatable bonds is 15. The Morgan fingerprint density at radius 2 is 1.45 bits per heavy atom. The Kier molecular flexibility index (Phi) is 11.1. The summed E-state index contributed by atoms with van der Waals surface area (Å²) >= 11 is 0. The van der Waals surface area contributed by atoms with Gasteiger partial charge in [0.2, 0.25) is 0 Å². The van der Waals surface area contributed by atoms with E-state index in [1.54, 1.807) is 7.11 Å². The van der Waals surface area contributed by atoms with Gasteiger partial charge in [0.25, 0.3) is 0 Å². The van der Waals surface area contributed by atoms with Crippen molar-refractivity contribution in [2.24, 2.45) is 0 Å². The smallest absolute Gasteiger partial charge is 0.119 e. The Labute approximate surface area is 173 Å². The van der Waals surface area contributed by atoms with Crippen LogP contribution < -0.4 is 14.8 Å². The van der Waals surface area contributed by atoms with E-state index in [0.29, 0.717) is 39.6 Å². The van der Waals surface area contributed by atoms with Gasteiger partial charge in [0, 0.05) is 19.2 Å². The molecule has 2 aromatic carbocycles. The van der Waals surface area contributed by atoms with Crippen LogP contribution in [0.3, 0.4) is 0 Å². The molecule has 0 aromatic heterocycles. The van der Waals surface area contributed by atoms with Gasteiger partial charge in [0.05, 0.1) is 33.5 Å². The summed E-state index contributed by atoms with van der Waals surface area (Å²) < 4.78 is 21.5. The van der Waals surface area contributed by atoms with Crippen LogP contribution in [-0.4, -0.2) is 57.9 Å². The summed E-state index contributed by atoms with van der Waals surface area (Å²) in [6.07, 6.45) is 0.744. The zero-order chi connectivity index (χ0) is 20.7. The molecule has 0 amide bonds. The molecule has 0 spiro atoms. The molecule has 0 aliphatic heterocycles. The minimum atomic E-state index is -0.0115. The van der Waals surface area contributed by atoms with Gasteiger partial charge in [-0.2, -0.15) is 0 Å². The summed E-state index contributed by atoms with van der Waals surface area (Å²) in [6, 6.07) is 15.9. The normalized spacial score (nSPS) is 12.0. The lowest BCUT2D eigenvalue weighted by Gasteiger charge is -2.17. The van der Waals surface area contributed by atoms with Gasteiger partial charge in [-0.1, -0.05) is 24.3 Å². The highest BCUT2D eigenvalue weighted by molar-refractivity contribution is 5.28. The van der Waals surface area contributed by atoms with Crippen LogP contribution in [0.4, 0.5) is 0 Å². The van der Waals surface area contributed by atoms with Crippen molar-refractivity contribution in [3.05, 3.63) is 59.7 Å². The van der Waals surface area contributed by atoms with Crippen LogP contribution in [0.15, 0.2) is 48.5 Å². The fourth-order valence-corrected chi connectivity index (χ4v) is 2.80. The molecule has 0 aliphatic carbocycles. The Morgan fingerprint density at radius 3 is 2.10 bits per heavy atom. The van der Waals surface area contributed by atoms with Gasteiger partial charge in [0.15, 0.2) is 0 Å². The largest absolute Gasteiger partial charge is 0.497 e. The van der Waals surface area contributed by atoms with Crippen LogP contribution >= 0.6 is 0 Å². The van der Waals surface area contributed by atoms with Crippen LogP contribution in [0.25, 0.3) is 0 Å². The molecule has 0 bridgehead atoms. The highest BCUT2D eigenvalue weighted by Gasteiger charge is 2.08. The van der Waals surface area contributed by atoms with E-state index in [1.807, 2.05) is 55.5 Å². The van der Waals surface area contributed by atoms with Crippen molar-refractivity contribution < 1.29 is 24.1 Å². The topological polar surface area (TPSA) is 69.2 Å². The van der Waals surface area contributed by atoms with E-state index in [-0.39, 0.29) is 12.6 Å². The number of nitrogens with one attached hydrogen (secondary N) is 1. The average molecular weight is 404 g/mol. The Balaban J connectivity index is 1.69. The molecule has 6 heteroatoms. The molecule has 0 saturated carbocycles. The maximum atomic E-state index is 9.69. The number of aliphatic hydroxyl groups excluding tert-OH is 1. The molecule has 1 atom stereocenters. The van der Waals surface area contributed by atoms with Gasteiger partial charge in [0.1, 0.15) is 18.1 Å². The van der Waals surface area contributed by atoms with Gasteiger partial charge >= 0.3 is 0 Å². The van der Waals surface area contributed by atoms with Crippen molar-refractivity contribution in [2.75, 3.05) is 46.8 Å². The molecule has 1 unspecified atom stereocenters. The molecule has 160 valence electrons. The van der Waals surface area contributed by atoms with Crippen molar-refractivity contribution in [1.82, 2.24) is 5.32 Å². The highest BCUT2D eigenvalue weighted by atomic mass is 16.5. The molecule has 0 radical (unpaired) electrons. The average Bonchev–Trinajstić information content (AvgIpc) is 2.77. The first-order valence-electron chi connectivity index (χ1n) is 10.1. The standard InChI is InChI=1S/C23H33NO5/c1-3-27-12-13-28-14-15-29-23-10-4-19(5-11-23)16-21(18-25)24-17-20-6-8-22(26-2)9-7-20/h4-11,21,24-25H,3,12-18H2,1-2H3. The van der Waals surface area contributed by atoms with Crippen LogP contribution in [0.5, 0.6) is 11.5 Å². The minimum Gasteiger partial charge on any atom is -0.497 e. The van der Waals surface area contributed by atoms with Crippen molar-refractivity contribution in [1.29, 1.82) is 0 Å². The molecule has 0 saturated heterocycles. The predicted octanol–water partition coefficient (Wildman–Crippen LogP) is 2.82. The van der Waals surface area contributed by atoms with Crippen LogP contribution in [-0.2, 0) is 22.4 Å². The summed E-state index contributed by atoms with van der Waals surface area (Å²) in [5, 5.41) is 13.1. The van der Waals surface area contributed by atoms with Gasteiger partial charge < -0.3 is 29.4 Å². The Morgan fingerprint density at radius 1 is 0.828 bits per heavy atom. The van der Waals surface area contributed by atoms with Crippen LogP contribution in [0, 0.1) is 0 Å². The zero-order valence-corrected chi connectivity index (χ0v) is 17.4. The Bertz CT molecular complexity index is 660. The number of hydrogen-bond donors (Lipinski definition) is 2. The number of ether oxygens (including phenoxy) is 4. The van der Waals surface area contributed by atoms with Crippen LogP contribution in [0.1, 0.15) is 18.1 Å². The van der Waals surface area contributed by atoms with E-state index < -0.39 is 0 Å². The van der Waals surface area contributed by atoms with E-state index in [1.165, 1.54) is 0 Å². The lowest BCUT2D eigenvalue weighted by atomic mass is 10.1. The molecule has 0 aliphatic rings. The SMILES string of the molecule is CCOCCOCCOc1ccc(CC(CO)NCc2ccc(OC)cc2)cc1. The van der Waals surface area contributed by atoms with E-state index in [2.05, 4.69) is 5.32 Å². The number of methoxy groups -OCH3 is 1. The van der Waals surface area contributed by atoms with E-state index in [9.17, 15) is 5.11 Å². The second-order valence-corrected chi connectivity index (χ2v) is 6.61. The molecular weight excluding hydrogens is 370 g/mol. The van der Waals surface area contributed by atoms with Crippen molar-refractivity contribution >= 4 is 0 Å². The van der Waals surface area contributed by atoms with E-state index in [4.69, 9.17) is 18.9 Å². The first kappa shape index (κ1) is 23.2. The number of benzene rings is 2. The van der Waals surface area contributed by atoms with E-state index in [0.717, 1.165) is 29.0 Å². The summed E-state index contributed by atoms with van der Waals surface area (Å²) in [6.45, 7) is 5.69. The van der Waals surface area contributed by atoms with Crippen molar-refractivity contribution in [3.8, 4) is 11.5 Å². The van der Waals surface area contributed by atoms with E-state index >= 15 is 0 Å². The predicted molar refractivity (Wildman–Crippen MR) is 114 cm³/mol. The summed E-state index contributed by atoms with van der Waals surface area (Å²) in [5.74, 6) is 1.65. The molecule has 0 heterocycles. The highest BCUT2D eigenvalue weighted by Crippen LogP contribution is 2.14. The third-order valence-electron chi connectivity index (χ3n) is 4.45. The first-order valence-corrected chi connectivity index (χ1v) is 10.1. The maximum absolute atomic E-state index is 9.69. The van der Waals surface area contributed by atoms with Gasteiger partial charge in [-0.15, -0.1) is 0 Å². The molecule has 0 fully saturated rings. The molecule has 2 N–H and O–H groups in total. The Hall–Kier alpha value is -2.12. The summed E-state index contributed by atoms with van der Waals surface area (Å²) in [4.78, 5) is 0. The second kappa shape index (κ2) is 14.0. The molecule has 6 nitrogen and oxygen atoms in total. The first-order chi connectivity index (χ1) is 14.2. The van der Waals surface area contributed by atoms with Crippen molar-refractivity contribution in [3.63, 3.8) is 0 Å². The number of hydrogen-bond acceptors (Lipinski definition) is 6. The van der Waals surface area contributed by atoms with Gasteiger partial charge in [-0.25, -0.2) is 0 Å². The summed E-state index contributed by atoms with van der Waals surface area (Å²) in [7, 11) is 1.66. The fraction of sp³-hybridized carbons (Fsp3) is 0.478. The van der Waals surface area contributed by atoms with Gasteiger partial charge in [-0.05, 0) is 48.7 Å². The fourth-order valence-electron chi connectivity index (χ4n) is 2.80. The van der Waals surface area contributed by atoms with Crippen LogP contribution in [0.2, 0.25) is 0 Å². The van der Waals surface area contributed by atoms with Gasteiger partial charge in [-0.3, -0.25) is 0 Å². The summed E-state index contributed by atoms with van der Waals surface area (Å²) in [5.41, 5.74) is 2.29. The number of aliphatic hydroxyl groups is 1. The maximum Gasteiger partial charge on any atom is 0.119 e. The van der Waals surface area contributed by atoms with Crippen molar-refractivity contribution in [2.45, 2.75) is 25.9 Å². The molecule has 2 rings (SSSR count). The zero-order valence-electron chi connectivity index (χ0n) is 17.4. The lowest BCUT2D eigenvalue weighted by molar-refractivity contribution is 0.0405. The second-order valence-electron chi connectivity index (χ2n) is 6.61. The quantitative estimate of drug-likeness (QED) is 0.446. The molecular formula is C23H33NO5. The third-order valence-corrected chi connectivity index (χ3v) is 4.45. The third kappa shape index (κ3) is 9.28. The minimum absolute atomic E-state index is 0.0115.